The zero-order valence-electron chi connectivity index (χ0n) is 6.41. The molecule has 0 unspecified atom stereocenters. The number of rotatable bonds is 0. The van der Waals surface area contributed by atoms with Crippen molar-refractivity contribution in [1.82, 2.24) is 4.98 Å². The first-order valence-electron chi connectivity index (χ1n) is 3.59. The van der Waals surface area contributed by atoms with Crippen molar-refractivity contribution in [2.24, 2.45) is 0 Å². The molecule has 1 aromatic carbocycles. The Bertz CT molecular complexity index is 423. The van der Waals surface area contributed by atoms with Crippen LogP contribution in [-0.2, 0) is 0 Å². The molecule has 0 fully saturated rings. The van der Waals surface area contributed by atoms with Crippen LogP contribution in [0.5, 0.6) is 0 Å². The van der Waals surface area contributed by atoms with Gasteiger partial charge in [-0.25, -0.2) is 4.98 Å². The van der Waals surface area contributed by atoms with Crippen molar-refractivity contribution in [2.45, 2.75) is 0 Å². The molecule has 3 heteroatoms. The fraction of sp³-hybridized carbons (Fsp3) is 0. The summed E-state index contributed by atoms with van der Waals surface area (Å²) in [5.41, 5.74) is 11.8. The number of anilines is 2. The predicted octanol–water partition coefficient (Wildman–Crippen LogP) is 1.20. The zero-order valence-corrected chi connectivity index (χ0v) is 6.41. The Morgan fingerprint density at radius 1 is 1.33 bits per heavy atom. The highest BCUT2D eigenvalue weighted by Gasteiger charge is 1.97. The van der Waals surface area contributed by atoms with Crippen molar-refractivity contribution in [2.75, 3.05) is 11.5 Å². The molecule has 0 aliphatic heterocycles. The molecule has 59 valence electrons. The summed E-state index contributed by atoms with van der Waals surface area (Å²) in [6, 6.07) is 8.33. The molecule has 12 heavy (non-hydrogen) atoms. The van der Waals surface area contributed by atoms with Crippen LogP contribution < -0.4 is 11.5 Å². The standard InChI is InChI=1S/C9H8N3/c10-7-1-2-8-6(5-7)3-4-12-9(8)11/h2-5H,10H2,(H2,11,12). The third-order valence-corrected chi connectivity index (χ3v) is 1.75. The van der Waals surface area contributed by atoms with Crippen molar-refractivity contribution >= 4 is 22.3 Å². The van der Waals surface area contributed by atoms with Crippen molar-refractivity contribution in [3.63, 3.8) is 0 Å². The molecule has 0 aliphatic rings. The van der Waals surface area contributed by atoms with Gasteiger partial charge < -0.3 is 11.5 Å². The lowest BCUT2D eigenvalue weighted by Gasteiger charge is -2.00. The fourth-order valence-electron chi connectivity index (χ4n) is 1.15. The molecule has 1 radical (unpaired) electrons. The number of hydrogen-bond acceptors (Lipinski definition) is 3. The van der Waals surface area contributed by atoms with Gasteiger partial charge in [-0.3, -0.25) is 0 Å². The summed E-state index contributed by atoms with van der Waals surface area (Å²) < 4.78 is 0. The van der Waals surface area contributed by atoms with Gasteiger partial charge in [-0.05, 0) is 23.6 Å². The van der Waals surface area contributed by atoms with Crippen LogP contribution in [0, 0.1) is 6.07 Å². The first-order valence-corrected chi connectivity index (χ1v) is 3.59. The van der Waals surface area contributed by atoms with Gasteiger partial charge in [0, 0.05) is 23.3 Å². The molecule has 0 atom stereocenters. The average molecular weight is 158 g/mol. The normalized spacial score (nSPS) is 10.3. The zero-order chi connectivity index (χ0) is 8.55. The van der Waals surface area contributed by atoms with Crippen LogP contribution in [0.4, 0.5) is 11.5 Å². The summed E-state index contributed by atoms with van der Waals surface area (Å²) in [4.78, 5) is 3.95. The van der Waals surface area contributed by atoms with Crippen LogP contribution in [0.2, 0.25) is 0 Å². The Balaban J connectivity index is 2.86. The van der Waals surface area contributed by atoms with Crippen LogP contribution in [0.25, 0.3) is 10.8 Å². The third-order valence-electron chi connectivity index (χ3n) is 1.75. The van der Waals surface area contributed by atoms with Gasteiger partial charge in [0.25, 0.3) is 0 Å². The van der Waals surface area contributed by atoms with E-state index in [1.807, 2.05) is 12.1 Å². The molecule has 1 heterocycles. The monoisotopic (exact) mass is 158 g/mol. The average Bonchev–Trinajstić information content (AvgIpc) is 2.04. The Hall–Kier alpha value is -1.77. The number of pyridine rings is 1. The van der Waals surface area contributed by atoms with E-state index in [0.29, 0.717) is 11.5 Å². The highest BCUT2D eigenvalue weighted by molar-refractivity contribution is 5.92. The predicted molar refractivity (Wildman–Crippen MR) is 49.4 cm³/mol. The quantitative estimate of drug-likeness (QED) is 0.566. The number of aromatic nitrogens is 1. The molecule has 0 spiro atoms. The molecule has 0 amide bonds. The van der Waals surface area contributed by atoms with E-state index < -0.39 is 0 Å². The smallest absolute Gasteiger partial charge is 0.131 e. The van der Waals surface area contributed by atoms with Crippen molar-refractivity contribution in [3.8, 4) is 0 Å². The summed E-state index contributed by atoms with van der Waals surface area (Å²) in [7, 11) is 0. The third kappa shape index (κ3) is 0.955. The van der Waals surface area contributed by atoms with Crippen molar-refractivity contribution in [1.29, 1.82) is 0 Å². The minimum Gasteiger partial charge on any atom is -0.398 e. The maximum absolute atomic E-state index is 5.63. The van der Waals surface area contributed by atoms with Gasteiger partial charge in [0.05, 0.1) is 0 Å². The fourth-order valence-corrected chi connectivity index (χ4v) is 1.15. The van der Waals surface area contributed by atoms with Gasteiger partial charge in [-0.1, -0.05) is 0 Å². The summed E-state index contributed by atoms with van der Waals surface area (Å²) in [6.07, 6.45) is 1.66. The summed E-state index contributed by atoms with van der Waals surface area (Å²) in [5, 5.41) is 1.89. The van der Waals surface area contributed by atoms with Crippen molar-refractivity contribution < 1.29 is 0 Å². The molecule has 0 bridgehead atoms. The molecule has 2 aromatic rings. The molecular formula is C9H8N3. The molecule has 1 aromatic heterocycles. The maximum Gasteiger partial charge on any atom is 0.131 e. The van der Waals surface area contributed by atoms with E-state index in [9.17, 15) is 0 Å². The van der Waals surface area contributed by atoms with Crippen molar-refractivity contribution in [3.05, 3.63) is 30.5 Å². The van der Waals surface area contributed by atoms with Crippen LogP contribution >= 0.6 is 0 Å². The van der Waals surface area contributed by atoms with E-state index in [2.05, 4.69) is 11.1 Å². The lowest BCUT2D eigenvalue weighted by molar-refractivity contribution is 1.37. The van der Waals surface area contributed by atoms with E-state index in [-0.39, 0.29) is 0 Å². The second kappa shape index (κ2) is 2.37. The highest BCUT2D eigenvalue weighted by atomic mass is 14.8. The van der Waals surface area contributed by atoms with Crippen LogP contribution in [0.15, 0.2) is 24.4 Å². The van der Waals surface area contributed by atoms with Gasteiger partial charge in [0.2, 0.25) is 0 Å². The maximum atomic E-state index is 5.63. The summed E-state index contributed by atoms with van der Waals surface area (Å²) >= 11 is 0. The molecular weight excluding hydrogens is 150 g/mol. The van der Waals surface area contributed by atoms with E-state index in [4.69, 9.17) is 11.5 Å². The second-order valence-electron chi connectivity index (χ2n) is 2.59. The molecule has 4 N–H and O–H groups in total. The van der Waals surface area contributed by atoms with E-state index >= 15 is 0 Å². The number of benzene rings is 1. The highest BCUT2D eigenvalue weighted by Crippen LogP contribution is 2.19. The Kier molecular flexibility index (Phi) is 1.37. The van der Waals surface area contributed by atoms with Gasteiger partial charge in [-0.15, -0.1) is 0 Å². The number of nitrogens with zero attached hydrogens (tertiary/aromatic N) is 1. The molecule has 0 aliphatic carbocycles. The SMILES string of the molecule is Nc1[c]cc2c(N)nccc2c1. The number of nitrogens with two attached hydrogens (primary N) is 2. The largest absolute Gasteiger partial charge is 0.398 e. The first-order chi connectivity index (χ1) is 5.77. The summed E-state index contributed by atoms with van der Waals surface area (Å²) in [6.45, 7) is 0. The van der Waals surface area contributed by atoms with E-state index in [0.717, 1.165) is 10.8 Å². The Morgan fingerprint density at radius 3 is 3.00 bits per heavy atom. The minimum atomic E-state index is 0.517. The second-order valence-corrected chi connectivity index (χ2v) is 2.59. The van der Waals surface area contributed by atoms with E-state index in [1.54, 1.807) is 12.3 Å². The topological polar surface area (TPSA) is 64.9 Å². The van der Waals surface area contributed by atoms with Crippen LogP contribution in [-0.4, -0.2) is 4.98 Å². The van der Waals surface area contributed by atoms with Gasteiger partial charge in [-0.2, -0.15) is 0 Å². The van der Waals surface area contributed by atoms with E-state index in [1.165, 1.54) is 0 Å². The summed E-state index contributed by atoms with van der Waals surface area (Å²) in [5.74, 6) is 0.517. The lowest BCUT2D eigenvalue weighted by atomic mass is 10.1. The molecule has 0 saturated carbocycles. The Labute approximate surface area is 70.0 Å². The van der Waals surface area contributed by atoms with Gasteiger partial charge >= 0.3 is 0 Å². The number of fused-ring (bicyclic) bond motifs is 1. The molecule has 0 saturated heterocycles. The number of nitrogen functional groups attached to an aromatic ring is 2. The number of hydrogen-bond donors (Lipinski definition) is 2. The van der Waals surface area contributed by atoms with Crippen LogP contribution in [0.3, 0.4) is 0 Å². The molecule has 3 nitrogen and oxygen atoms in total. The minimum absolute atomic E-state index is 0.517. The van der Waals surface area contributed by atoms with Crippen LogP contribution in [0.1, 0.15) is 0 Å². The van der Waals surface area contributed by atoms with Gasteiger partial charge in [0.1, 0.15) is 5.82 Å². The van der Waals surface area contributed by atoms with Gasteiger partial charge in [0.15, 0.2) is 0 Å². The lowest BCUT2D eigenvalue weighted by Crippen LogP contribution is -1.91. The molecule has 2 rings (SSSR count). The first kappa shape index (κ1) is 6.91. The Morgan fingerprint density at radius 2 is 2.17 bits per heavy atom.